The van der Waals surface area contributed by atoms with Gasteiger partial charge in [-0.05, 0) is 37.7 Å². The third-order valence-corrected chi connectivity index (χ3v) is 5.33. The van der Waals surface area contributed by atoms with Crippen LogP contribution in [0.3, 0.4) is 0 Å². The van der Waals surface area contributed by atoms with E-state index in [0.29, 0.717) is 21.2 Å². The molecule has 16 heavy (non-hydrogen) atoms. The first-order valence-electron chi connectivity index (χ1n) is 6.38. The normalized spacial score (nSPS) is 10.4. The van der Waals surface area contributed by atoms with Gasteiger partial charge in [-0.25, -0.2) is 0 Å². The number of hydrogen-bond donors (Lipinski definition) is 0. The molecule has 0 N–H and O–H groups in total. The zero-order valence-corrected chi connectivity index (χ0v) is 18.5. The van der Waals surface area contributed by atoms with E-state index >= 15 is 0 Å². The second-order valence-electron chi connectivity index (χ2n) is 3.96. The second kappa shape index (κ2) is 19.9. The summed E-state index contributed by atoms with van der Waals surface area (Å²) in [5.74, 6) is 0. The second-order valence-corrected chi connectivity index (χ2v) is 24.2. The molecule has 0 aliphatic heterocycles. The summed E-state index contributed by atoms with van der Waals surface area (Å²) in [6, 6.07) is 0. The van der Waals surface area contributed by atoms with Crippen LogP contribution < -0.4 is 0 Å². The average Bonchev–Trinajstić information content (AvgIpc) is 2.29. The van der Waals surface area contributed by atoms with Crippen molar-refractivity contribution in [2.45, 2.75) is 59.3 Å². The Morgan fingerprint density at radius 2 is 1.00 bits per heavy atom. The molecule has 0 amide bonds. The molecule has 102 valence electrons. The Balaban J connectivity index is 0. The first-order chi connectivity index (χ1) is 7.76. The fraction of sp³-hybridized carbons (Fsp3) is 1.00. The van der Waals surface area contributed by atoms with Crippen molar-refractivity contribution in [1.29, 1.82) is 0 Å². The van der Waals surface area contributed by atoms with Crippen LogP contribution in [-0.4, -0.2) is 18.5 Å². The summed E-state index contributed by atoms with van der Waals surface area (Å²) >= 11 is 5.22. The molecule has 0 unspecified atom stereocenters. The molecule has 4 heteroatoms. The van der Waals surface area contributed by atoms with E-state index in [9.17, 15) is 0 Å². The molecule has 0 saturated heterocycles. The van der Waals surface area contributed by atoms with Crippen LogP contribution in [0.2, 0.25) is 0 Å². The molecule has 0 heterocycles. The van der Waals surface area contributed by atoms with E-state index in [-0.39, 0.29) is 0 Å². The van der Waals surface area contributed by atoms with E-state index in [1.807, 2.05) is 0 Å². The molecular weight excluding hydrogens is 556 g/mol. The molecule has 0 aromatic heterocycles. The summed E-state index contributed by atoms with van der Waals surface area (Å²) in [5, 5.41) is 0. The molecule has 0 spiro atoms. The van der Waals surface area contributed by atoms with Crippen molar-refractivity contribution in [2.24, 2.45) is 0 Å². The predicted octanol–water partition coefficient (Wildman–Crippen LogP) is 7.26. The van der Waals surface area contributed by atoms with Gasteiger partial charge in [0.1, 0.15) is 0 Å². The van der Waals surface area contributed by atoms with Crippen molar-refractivity contribution in [1.82, 2.24) is 0 Å². The molecule has 0 radical (unpaired) electrons. The fourth-order valence-electron chi connectivity index (χ4n) is 1.48. The van der Waals surface area contributed by atoms with Gasteiger partial charge >= 0.3 is 50.5 Å². The third-order valence-electron chi connectivity index (χ3n) is 2.48. The maximum absolute atomic E-state index is 2.41. The zero-order valence-electron chi connectivity index (χ0n) is 11.0. The molecule has 0 fully saturated rings. The Hall–Kier alpha value is 2.62. The van der Waals surface area contributed by atoms with Crippen LogP contribution in [0.1, 0.15) is 59.3 Å². The SMILES string of the molecule is CCCCP(CCCC)CCCC.I[IH]I. The first kappa shape index (κ1) is 20.9. The van der Waals surface area contributed by atoms with Crippen LogP contribution in [-0.2, 0) is 0 Å². The van der Waals surface area contributed by atoms with E-state index in [4.69, 9.17) is 0 Å². The van der Waals surface area contributed by atoms with Gasteiger partial charge in [0.15, 0.2) is 0 Å². The van der Waals surface area contributed by atoms with Crippen molar-refractivity contribution in [2.75, 3.05) is 18.5 Å². The van der Waals surface area contributed by atoms with E-state index in [1.54, 1.807) is 18.5 Å². The summed E-state index contributed by atoms with van der Waals surface area (Å²) in [5.41, 5.74) is 0. The number of hydrogen-bond acceptors (Lipinski definition) is 0. The Morgan fingerprint density at radius 1 is 0.750 bits per heavy atom. The van der Waals surface area contributed by atoms with Crippen LogP contribution in [0.25, 0.3) is 0 Å². The standard InChI is InChI=1S/C12H27P.HI3/c1-4-7-10-13(11-8-5-2)12-9-6-3;1-3-2/h4-12H2,1-3H3;3H. The summed E-state index contributed by atoms with van der Waals surface area (Å²) in [6.07, 6.45) is 13.2. The van der Waals surface area contributed by atoms with Crippen LogP contribution in [0.4, 0.5) is 0 Å². The molecule has 0 atom stereocenters. The molecule has 0 aromatic carbocycles. The fourth-order valence-corrected chi connectivity index (χ4v) is 4.44. The Labute approximate surface area is 134 Å². The molecule has 0 aliphatic carbocycles. The Bertz CT molecular complexity index is 93.4. The molecule has 0 rings (SSSR count). The maximum atomic E-state index is 2.41. The van der Waals surface area contributed by atoms with E-state index < -0.39 is 0 Å². The predicted molar refractivity (Wildman–Crippen MR) is 110 cm³/mol. The van der Waals surface area contributed by atoms with Crippen molar-refractivity contribution < 1.29 is 0 Å². The number of unbranched alkanes of at least 4 members (excludes halogenated alkanes) is 3. The number of rotatable bonds is 9. The minimum absolute atomic E-state index is 0.410. The van der Waals surface area contributed by atoms with Gasteiger partial charge in [0.2, 0.25) is 0 Å². The van der Waals surface area contributed by atoms with E-state index in [1.165, 1.54) is 38.5 Å². The van der Waals surface area contributed by atoms with Gasteiger partial charge in [0.05, 0.1) is 0 Å². The molecule has 0 nitrogen and oxygen atoms in total. The van der Waals surface area contributed by atoms with Gasteiger partial charge in [0.25, 0.3) is 0 Å². The molecular formula is C12H28I3P. The minimum atomic E-state index is 0.410. The van der Waals surface area contributed by atoms with Crippen LogP contribution in [0, 0.1) is 0 Å². The van der Waals surface area contributed by atoms with Crippen molar-refractivity contribution in [3.05, 3.63) is 0 Å². The van der Waals surface area contributed by atoms with Gasteiger partial charge in [-0.15, -0.1) is 7.92 Å². The Morgan fingerprint density at radius 3 is 1.19 bits per heavy atom. The number of halogens is 3. The monoisotopic (exact) mass is 584 g/mol. The summed E-state index contributed by atoms with van der Waals surface area (Å²) in [7, 11) is 0.422. The van der Waals surface area contributed by atoms with E-state index in [0.717, 1.165) is 0 Å². The van der Waals surface area contributed by atoms with Gasteiger partial charge < -0.3 is 0 Å². The third kappa shape index (κ3) is 19.0. The molecule has 0 aromatic rings. The van der Waals surface area contributed by atoms with Gasteiger partial charge in [-0.3, -0.25) is 0 Å². The van der Waals surface area contributed by atoms with Crippen molar-refractivity contribution in [3.8, 4) is 0 Å². The van der Waals surface area contributed by atoms with Crippen LogP contribution in [0.5, 0.6) is 0 Å². The molecule has 0 aliphatic rings. The molecule has 0 bridgehead atoms. The van der Waals surface area contributed by atoms with Gasteiger partial charge in [-0.2, -0.15) is 0 Å². The van der Waals surface area contributed by atoms with Crippen LogP contribution in [0.15, 0.2) is 0 Å². The first-order valence-corrected chi connectivity index (χ1v) is 21.9. The summed E-state index contributed by atoms with van der Waals surface area (Å²) in [6.45, 7) is 6.94. The zero-order chi connectivity index (χ0) is 12.6. The molecule has 0 saturated carbocycles. The van der Waals surface area contributed by atoms with Crippen LogP contribution >= 0.6 is 58.4 Å². The van der Waals surface area contributed by atoms with E-state index in [2.05, 4.69) is 58.0 Å². The quantitative estimate of drug-likeness (QED) is 0.198. The summed E-state index contributed by atoms with van der Waals surface area (Å²) < 4.78 is 0. The van der Waals surface area contributed by atoms with Crippen molar-refractivity contribution in [3.63, 3.8) is 0 Å². The van der Waals surface area contributed by atoms with Gasteiger partial charge in [0, 0.05) is 0 Å². The van der Waals surface area contributed by atoms with Crippen molar-refractivity contribution >= 4 is 58.4 Å². The Kier molecular flexibility index (Phi) is 26.1. The summed E-state index contributed by atoms with van der Waals surface area (Å²) in [4.78, 5) is 0. The topological polar surface area (TPSA) is 0 Å². The van der Waals surface area contributed by atoms with Gasteiger partial charge in [-0.1, -0.05) is 40.0 Å². The average molecular weight is 584 g/mol.